The zero-order chi connectivity index (χ0) is 9.14. The van der Waals surface area contributed by atoms with Crippen molar-refractivity contribution in [3.63, 3.8) is 0 Å². The lowest BCUT2D eigenvalue weighted by Crippen LogP contribution is -2.07. The van der Waals surface area contributed by atoms with Crippen LogP contribution < -0.4 is 5.73 Å². The molecule has 0 saturated carbocycles. The minimum atomic E-state index is 0.0403. The molecule has 3 nitrogen and oxygen atoms in total. The number of nitrogens with two attached hydrogens (primary N) is 1. The molecule has 0 radical (unpaired) electrons. The molecule has 12 heavy (non-hydrogen) atoms. The van der Waals surface area contributed by atoms with Gasteiger partial charge < -0.3 is 10.5 Å². The van der Waals surface area contributed by atoms with E-state index in [9.17, 15) is 0 Å². The summed E-state index contributed by atoms with van der Waals surface area (Å²) in [5.74, 6) is 0. The first-order chi connectivity index (χ1) is 5.59. The average Bonchev–Trinajstić information content (AvgIpc) is 2.34. The van der Waals surface area contributed by atoms with Crippen LogP contribution in [0.3, 0.4) is 0 Å². The van der Waals surface area contributed by atoms with E-state index >= 15 is 0 Å². The number of ether oxygens (including phenoxy) is 1. The van der Waals surface area contributed by atoms with Crippen LogP contribution in [0.2, 0.25) is 0 Å². The second kappa shape index (κ2) is 3.87. The zero-order valence-corrected chi connectivity index (χ0v) is 8.39. The summed E-state index contributed by atoms with van der Waals surface area (Å²) in [5, 5.41) is 2.53. The molecule has 68 valence electrons. The zero-order valence-electron chi connectivity index (χ0n) is 7.57. The highest BCUT2D eigenvalue weighted by Gasteiger charge is 2.10. The molecule has 1 aromatic rings. The Balaban J connectivity index is 2.58. The molecule has 1 heterocycles. The van der Waals surface area contributed by atoms with Gasteiger partial charge in [-0.05, 0) is 20.8 Å². The molecule has 0 aliphatic rings. The van der Waals surface area contributed by atoms with Crippen molar-refractivity contribution in [3.8, 4) is 0 Å². The third-order valence-electron chi connectivity index (χ3n) is 1.43. The van der Waals surface area contributed by atoms with Crippen LogP contribution in [0.15, 0.2) is 5.38 Å². The van der Waals surface area contributed by atoms with Crippen molar-refractivity contribution in [1.29, 1.82) is 0 Å². The molecule has 0 aliphatic carbocycles. The van der Waals surface area contributed by atoms with Crippen molar-refractivity contribution in [3.05, 3.63) is 11.1 Å². The van der Waals surface area contributed by atoms with E-state index in [-0.39, 0.29) is 12.2 Å². The minimum Gasteiger partial charge on any atom is -0.375 e. The monoisotopic (exact) mass is 186 g/mol. The normalized spacial score (nSPS) is 13.7. The van der Waals surface area contributed by atoms with Gasteiger partial charge in [-0.3, -0.25) is 0 Å². The Hall–Kier alpha value is -0.610. The Morgan fingerprint density at radius 2 is 2.17 bits per heavy atom. The van der Waals surface area contributed by atoms with Gasteiger partial charge in [0, 0.05) is 5.38 Å². The lowest BCUT2D eigenvalue weighted by atomic mass is 10.3. The molecule has 1 unspecified atom stereocenters. The van der Waals surface area contributed by atoms with Crippen LogP contribution in [0.25, 0.3) is 0 Å². The van der Waals surface area contributed by atoms with Crippen molar-refractivity contribution < 1.29 is 4.74 Å². The van der Waals surface area contributed by atoms with Gasteiger partial charge in [-0.25, -0.2) is 4.98 Å². The van der Waals surface area contributed by atoms with E-state index in [2.05, 4.69) is 4.98 Å². The molecule has 0 fully saturated rings. The minimum absolute atomic E-state index is 0.0403. The summed E-state index contributed by atoms with van der Waals surface area (Å²) in [6.07, 6.45) is 0.265. The van der Waals surface area contributed by atoms with Crippen molar-refractivity contribution in [1.82, 2.24) is 4.98 Å². The molecule has 1 rings (SSSR count). The van der Waals surface area contributed by atoms with E-state index in [1.807, 2.05) is 26.2 Å². The summed E-state index contributed by atoms with van der Waals surface area (Å²) in [7, 11) is 0. The quantitative estimate of drug-likeness (QED) is 0.787. The summed E-state index contributed by atoms with van der Waals surface area (Å²) in [6.45, 7) is 5.99. The van der Waals surface area contributed by atoms with Crippen molar-refractivity contribution >= 4 is 16.5 Å². The first kappa shape index (κ1) is 9.48. The van der Waals surface area contributed by atoms with Gasteiger partial charge in [0.2, 0.25) is 0 Å². The molecule has 0 saturated heterocycles. The topological polar surface area (TPSA) is 48.1 Å². The average molecular weight is 186 g/mol. The van der Waals surface area contributed by atoms with Gasteiger partial charge in [-0.1, -0.05) is 0 Å². The SMILES string of the molecule is CC(C)OC(C)c1csc(N)n1. The van der Waals surface area contributed by atoms with Crippen LogP contribution in [0.5, 0.6) is 0 Å². The number of nitrogen functional groups attached to an aromatic ring is 1. The Labute approximate surface area is 76.6 Å². The van der Waals surface area contributed by atoms with Crippen LogP contribution in [0.1, 0.15) is 32.6 Å². The number of thiazole rings is 1. The highest BCUT2D eigenvalue weighted by molar-refractivity contribution is 7.13. The van der Waals surface area contributed by atoms with E-state index in [1.54, 1.807) is 0 Å². The summed E-state index contributed by atoms with van der Waals surface area (Å²) in [4.78, 5) is 4.13. The van der Waals surface area contributed by atoms with Crippen LogP contribution in [0.4, 0.5) is 5.13 Å². The highest BCUT2D eigenvalue weighted by Crippen LogP contribution is 2.21. The van der Waals surface area contributed by atoms with Gasteiger partial charge in [0.25, 0.3) is 0 Å². The number of hydrogen-bond donors (Lipinski definition) is 1. The Morgan fingerprint density at radius 3 is 2.58 bits per heavy atom. The molecule has 0 aromatic carbocycles. The second-order valence-electron chi connectivity index (χ2n) is 2.94. The van der Waals surface area contributed by atoms with Gasteiger partial charge >= 0.3 is 0 Å². The maximum atomic E-state index is 5.54. The van der Waals surface area contributed by atoms with Gasteiger partial charge in [0.1, 0.15) is 0 Å². The number of hydrogen-bond acceptors (Lipinski definition) is 4. The first-order valence-electron chi connectivity index (χ1n) is 3.96. The lowest BCUT2D eigenvalue weighted by Gasteiger charge is -2.13. The molecular weight excluding hydrogens is 172 g/mol. The summed E-state index contributed by atoms with van der Waals surface area (Å²) >= 11 is 1.45. The predicted molar refractivity (Wildman–Crippen MR) is 51.2 cm³/mol. The van der Waals surface area contributed by atoms with Gasteiger partial charge in [-0.15, -0.1) is 11.3 Å². The Bertz CT molecular complexity index is 247. The lowest BCUT2D eigenvalue weighted by molar-refractivity contribution is 0.0158. The molecule has 1 aromatic heterocycles. The van der Waals surface area contributed by atoms with Crippen LogP contribution >= 0.6 is 11.3 Å². The molecule has 0 bridgehead atoms. The summed E-state index contributed by atoms with van der Waals surface area (Å²) in [6, 6.07) is 0. The largest absolute Gasteiger partial charge is 0.375 e. The molecule has 0 spiro atoms. The molecule has 4 heteroatoms. The second-order valence-corrected chi connectivity index (χ2v) is 3.83. The maximum absolute atomic E-state index is 5.54. The van der Waals surface area contributed by atoms with Crippen LogP contribution in [-0.4, -0.2) is 11.1 Å². The smallest absolute Gasteiger partial charge is 0.180 e. The van der Waals surface area contributed by atoms with Crippen molar-refractivity contribution in [2.45, 2.75) is 33.0 Å². The van der Waals surface area contributed by atoms with E-state index in [4.69, 9.17) is 10.5 Å². The summed E-state index contributed by atoms with van der Waals surface area (Å²) in [5.41, 5.74) is 6.42. The first-order valence-corrected chi connectivity index (χ1v) is 4.84. The van der Waals surface area contributed by atoms with Crippen molar-refractivity contribution in [2.24, 2.45) is 0 Å². The molecular formula is C8H14N2OS. The third-order valence-corrected chi connectivity index (χ3v) is 2.12. The third kappa shape index (κ3) is 2.46. The highest BCUT2D eigenvalue weighted by atomic mass is 32.1. The number of aromatic nitrogens is 1. The number of nitrogens with zero attached hydrogens (tertiary/aromatic N) is 1. The maximum Gasteiger partial charge on any atom is 0.180 e. The fourth-order valence-corrected chi connectivity index (χ4v) is 1.61. The molecule has 2 N–H and O–H groups in total. The van der Waals surface area contributed by atoms with Gasteiger partial charge in [0.05, 0.1) is 17.9 Å². The van der Waals surface area contributed by atoms with Gasteiger partial charge in [-0.2, -0.15) is 0 Å². The number of anilines is 1. The fraction of sp³-hybridized carbons (Fsp3) is 0.625. The molecule has 1 atom stereocenters. The number of rotatable bonds is 3. The van der Waals surface area contributed by atoms with E-state index in [0.717, 1.165) is 5.69 Å². The van der Waals surface area contributed by atoms with Crippen molar-refractivity contribution in [2.75, 3.05) is 5.73 Å². The summed E-state index contributed by atoms with van der Waals surface area (Å²) < 4.78 is 5.54. The fourth-order valence-electron chi connectivity index (χ4n) is 0.965. The van der Waals surface area contributed by atoms with E-state index in [1.165, 1.54) is 11.3 Å². The Kier molecular flexibility index (Phi) is 3.05. The van der Waals surface area contributed by atoms with Gasteiger partial charge in [0.15, 0.2) is 5.13 Å². The Morgan fingerprint density at radius 1 is 1.50 bits per heavy atom. The van der Waals surface area contributed by atoms with E-state index < -0.39 is 0 Å². The predicted octanol–water partition coefficient (Wildman–Crippen LogP) is 2.21. The standard InChI is InChI=1S/C8H14N2OS/c1-5(2)11-6(3)7-4-12-8(9)10-7/h4-6H,1-3H3,(H2,9,10). The molecule has 0 amide bonds. The molecule has 0 aliphatic heterocycles. The van der Waals surface area contributed by atoms with Crippen LogP contribution in [0, 0.1) is 0 Å². The van der Waals surface area contributed by atoms with Crippen LogP contribution in [-0.2, 0) is 4.74 Å². The van der Waals surface area contributed by atoms with E-state index in [0.29, 0.717) is 5.13 Å².